The summed E-state index contributed by atoms with van der Waals surface area (Å²) < 4.78 is 0. The Bertz CT molecular complexity index is 636. The first kappa shape index (κ1) is 12.7. The second kappa shape index (κ2) is 5.37. The summed E-state index contributed by atoms with van der Waals surface area (Å²) in [7, 11) is 0. The smallest absolute Gasteiger partial charge is 0.246 e. The molecular formula is C17H18N2O. The van der Waals surface area contributed by atoms with E-state index in [-0.39, 0.29) is 5.91 Å². The molecule has 0 aliphatic carbocycles. The van der Waals surface area contributed by atoms with Crippen molar-refractivity contribution in [2.75, 3.05) is 23.3 Å². The second-order valence-corrected chi connectivity index (χ2v) is 5.15. The minimum atomic E-state index is 0.122. The molecule has 1 N–H and O–H groups in total. The van der Waals surface area contributed by atoms with Crippen LogP contribution in [0.1, 0.15) is 11.1 Å². The van der Waals surface area contributed by atoms with Crippen molar-refractivity contribution in [1.29, 1.82) is 0 Å². The summed E-state index contributed by atoms with van der Waals surface area (Å²) in [4.78, 5) is 14.2. The van der Waals surface area contributed by atoms with E-state index in [0.717, 1.165) is 24.3 Å². The van der Waals surface area contributed by atoms with E-state index in [1.807, 2.05) is 54.3 Å². The number of para-hydroxylation sites is 1. The Balaban J connectivity index is 1.66. The first-order valence-electron chi connectivity index (χ1n) is 6.93. The zero-order valence-electron chi connectivity index (χ0n) is 11.6. The van der Waals surface area contributed by atoms with Crippen LogP contribution in [0.5, 0.6) is 0 Å². The summed E-state index contributed by atoms with van der Waals surface area (Å²) in [6.07, 6.45) is 0.951. The first-order chi connectivity index (χ1) is 9.74. The van der Waals surface area contributed by atoms with E-state index in [4.69, 9.17) is 0 Å². The summed E-state index contributed by atoms with van der Waals surface area (Å²) in [5.41, 5.74) is 4.50. The number of nitrogens with one attached hydrogen (secondary N) is 1. The molecule has 0 spiro atoms. The molecule has 102 valence electrons. The number of hydrogen-bond acceptors (Lipinski definition) is 2. The Labute approximate surface area is 119 Å². The van der Waals surface area contributed by atoms with Gasteiger partial charge >= 0.3 is 0 Å². The van der Waals surface area contributed by atoms with Crippen molar-refractivity contribution in [2.24, 2.45) is 0 Å². The molecule has 2 aromatic carbocycles. The number of benzene rings is 2. The number of carbonyl (C=O) groups excluding carboxylic acids is 1. The van der Waals surface area contributed by atoms with Gasteiger partial charge in [-0.15, -0.1) is 0 Å². The van der Waals surface area contributed by atoms with E-state index < -0.39 is 0 Å². The van der Waals surface area contributed by atoms with Crippen LogP contribution in [0.2, 0.25) is 0 Å². The number of fused-ring (bicyclic) bond motifs is 1. The fourth-order valence-electron chi connectivity index (χ4n) is 2.63. The average Bonchev–Trinajstić information content (AvgIpc) is 2.89. The molecule has 20 heavy (non-hydrogen) atoms. The van der Waals surface area contributed by atoms with Crippen LogP contribution in [0.3, 0.4) is 0 Å². The Morgan fingerprint density at radius 1 is 1.20 bits per heavy atom. The summed E-state index contributed by atoms with van der Waals surface area (Å²) in [5, 5.41) is 3.20. The quantitative estimate of drug-likeness (QED) is 0.926. The third-order valence-electron chi connectivity index (χ3n) is 3.65. The van der Waals surface area contributed by atoms with E-state index in [1.165, 1.54) is 11.1 Å². The number of nitrogens with zero attached hydrogens (tertiary/aromatic N) is 1. The van der Waals surface area contributed by atoms with Crippen molar-refractivity contribution >= 4 is 17.3 Å². The van der Waals surface area contributed by atoms with Gasteiger partial charge in [-0.25, -0.2) is 0 Å². The van der Waals surface area contributed by atoms with Gasteiger partial charge in [0, 0.05) is 17.9 Å². The first-order valence-corrected chi connectivity index (χ1v) is 6.93. The third-order valence-corrected chi connectivity index (χ3v) is 3.65. The van der Waals surface area contributed by atoms with E-state index >= 15 is 0 Å². The third kappa shape index (κ3) is 2.52. The lowest BCUT2D eigenvalue weighted by Gasteiger charge is -2.18. The van der Waals surface area contributed by atoms with Crippen molar-refractivity contribution in [3.63, 3.8) is 0 Å². The molecule has 0 fully saturated rings. The van der Waals surface area contributed by atoms with Gasteiger partial charge in [-0.2, -0.15) is 0 Å². The lowest BCUT2D eigenvalue weighted by Crippen LogP contribution is -2.34. The summed E-state index contributed by atoms with van der Waals surface area (Å²) in [6, 6.07) is 16.2. The molecule has 0 radical (unpaired) electrons. The molecule has 0 atom stereocenters. The molecular weight excluding hydrogens is 248 g/mol. The fraction of sp³-hybridized carbons (Fsp3) is 0.235. The minimum absolute atomic E-state index is 0.122. The lowest BCUT2D eigenvalue weighted by atomic mass is 10.2. The maximum atomic E-state index is 12.3. The van der Waals surface area contributed by atoms with E-state index in [0.29, 0.717) is 6.54 Å². The van der Waals surface area contributed by atoms with Gasteiger partial charge < -0.3 is 10.2 Å². The van der Waals surface area contributed by atoms with Gasteiger partial charge in [0.15, 0.2) is 0 Å². The summed E-state index contributed by atoms with van der Waals surface area (Å²) in [5.74, 6) is 0.122. The Morgan fingerprint density at radius 2 is 2.05 bits per heavy atom. The van der Waals surface area contributed by atoms with Crippen LogP contribution in [0.25, 0.3) is 0 Å². The molecule has 3 heteroatoms. The predicted octanol–water partition coefficient (Wildman–Crippen LogP) is 3.00. The standard InChI is InChI=1S/C17H18N2O/c1-13-5-4-7-15(11-13)18-12-17(20)19-10-9-14-6-2-3-8-16(14)19/h2-8,11,18H,9-10,12H2,1H3. The van der Waals surface area contributed by atoms with E-state index in [1.54, 1.807) is 0 Å². The van der Waals surface area contributed by atoms with E-state index in [2.05, 4.69) is 11.4 Å². The normalized spacial score (nSPS) is 13.2. The summed E-state index contributed by atoms with van der Waals surface area (Å²) in [6.45, 7) is 3.16. The fourth-order valence-corrected chi connectivity index (χ4v) is 2.63. The Kier molecular flexibility index (Phi) is 3.42. The zero-order chi connectivity index (χ0) is 13.9. The molecule has 1 aliphatic heterocycles. The van der Waals surface area contributed by atoms with Crippen molar-refractivity contribution in [3.8, 4) is 0 Å². The van der Waals surface area contributed by atoms with Gasteiger partial charge in [0.25, 0.3) is 0 Å². The molecule has 0 aromatic heterocycles. The minimum Gasteiger partial charge on any atom is -0.376 e. The van der Waals surface area contributed by atoms with Crippen LogP contribution in [0.4, 0.5) is 11.4 Å². The summed E-state index contributed by atoms with van der Waals surface area (Å²) >= 11 is 0. The largest absolute Gasteiger partial charge is 0.376 e. The Morgan fingerprint density at radius 3 is 2.90 bits per heavy atom. The number of hydrogen-bond donors (Lipinski definition) is 1. The van der Waals surface area contributed by atoms with Crippen LogP contribution in [0, 0.1) is 6.92 Å². The van der Waals surface area contributed by atoms with Crippen molar-refractivity contribution in [3.05, 3.63) is 59.7 Å². The van der Waals surface area contributed by atoms with Crippen molar-refractivity contribution in [2.45, 2.75) is 13.3 Å². The van der Waals surface area contributed by atoms with Gasteiger partial charge in [-0.05, 0) is 42.7 Å². The van der Waals surface area contributed by atoms with Gasteiger partial charge in [0.05, 0.1) is 6.54 Å². The van der Waals surface area contributed by atoms with Crippen molar-refractivity contribution in [1.82, 2.24) is 0 Å². The second-order valence-electron chi connectivity index (χ2n) is 5.15. The molecule has 3 nitrogen and oxygen atoms in total. The highest BCUT2D eigenvalue weighted by Gasteiger charge is 2.23. The number of anilines is 2. The predicted molar refractivity (Wildman–Crippen MR) is 82.2 cm³/mol. The molecule has 1 aliphatic rings. The van der Waals surface area contributed by atoms with Crippen LogP contribution >= 0.6 is 0 Å². The highest BCUT2D eigenvalue weighted by atomic mass is 16.2. The number of rotatable bonds is 3. The van der Waals surface area contributed by atoms with Crippen molar-refractivity contribution < 1.29 is 4.79 Å². The molecule has 0 unspecified atom stereocenters. The molecule has 2 aromatic rings. The topological polar surface area (TPSA) is 32.3 Å². The van der Waals surface area contributed by atoms with Gasteiger partial charge in [0.1, 0.15) is 0 Å². The number of carbonyl (C=O) groups is 1. The average molecular weight is 266 g/mol. The molecule has 0 bridgehead atoms. The van der Waals surface area contributed by atoms with Crippen LogP contribution < -0.4 is 10.2 Å². The van der Waals surface area contributed by atoms with Crippen LogP contribution in [0.15, 0.2) is 48.5 Å². The van der Waals surface area contributed by atoms with Crippen LogP contribution in [-0.4, -0.2) is 19.0 Å². The molecule has 0 saturated heterocycles. The van der Waals surface area contributed by atoms with Gasteiger partial charge in [-0.3, -0.25) is 4.79 Å². The SMILES string of the molecule is Cc1cccc(NCC(=O)N2CCc3ccccc32)c1. The maximum absolute atomic E-state index is 12.3. The molecule has 3 rings (SSSR count). The van der Waals surface area contributed by atoms with Gasteiger partial charge in [-0.1, -0.05) is 30.3 Å². The Hall–Kier alpha value is -2.29. The highest BCUT2D eigenvalue weighted by molar-refractivity contribution is 5.98. The van der Waals surface area contributed by atoms with E-state index in [9.17, 15) is 4.79 Å². The zero-order valence-corrected chi connectivity index (χ0v) is 11.6. The maximum Gasteiger partial charge on any atom is 0.246 e. The number of aryl methyl sites for hydroxylation is 1. The molecule has 0 saturated carbocycles. The highest BCUT2D eigenvalue weighted by Crippen LogP contribution is 2.27. The number of amides is 1. The van der Waals surface area contributed by atoms with Gasteiger partial charge in [0.2, 0.25) is 5.91 Å². The monoisotopic (exact) mass is 266 g/mol. The molecule has 1 amide bonds. The lowest BCUT2D eigenvalue weighted by molar-refractivity contribution is -0.116. The molecule has 1 heterocycles. The van der Waals surface area contributed by atoms with Crippen LogP contribution in [-0.2, 0) is 11.2 Å².